The summed E-state index contributed by atoms with van der Waals surface area (Å²) in [6.07, 6.45) is 19.5. The Morgan fingerprint density at radius 3 is 1.92 bits per heavy atom. The molecule has 1 N–H and O–H groups in total. The molecule has 0 atom stereocenters. The molecule has 0 spiro atoms. The van der Waals surface area contributed by atoms with E-state index in [-0.39, 0.29) is 0 Å². The van der Waals surface area contributed by atoms with Crippen LogP contribution in [0, 0.1) is 0 Å². The van der Waals surface area contributed by atoms with E-state index in [4.69, 9.17) is 0 Å². The van der Waals surface area contributed by atoms with Crippen molar-refractivity contribution in [1.29, 1.82) is 0 Å². The molecule has 0 bridgehead atoms. The minimum absolute atomic E-state index is 1.01. The maximum atomic E-state index is 4.46. The summed E-state index contributed by atoms with van der Waals surface area (Å²) in [6.45, 7) is 8.82. The highest BCUT2D eigenvalue weighted by Gasteiger charge is 2.12. The molecule has 1 aromatic heterocycles. The Labute approximate surface area is 162 Å². The molecule has 0 aliphatic carbocycles. The van der Waals surface area contributed by atoms with Crippen LogP contribution in [-0.4, -0.2) is 21.5 Å². The van der Waals surface area contributed by atoms with Crippen molar-refractivity contribution in [2.75, 3.05) is 11.9 Å². The number of hydrogen-bond acceptors (Lipinski definition) is 3. The lowest BCUT2D eigenvalue weighted by Gasteiger charge is -2.09. The minimum Gasteiger partial charge on any atom is -0.367 e. The summed E-state index contributed by atoms with van der Waals surface area (Å²) in [5.41, 5.74) is 1.34. The molecule has 0 aliphatic rings. The van der Waals surface area contributed by atoms with Crippen LogP contribution in [0.3, 0.4) is 0 Å². The van der Waals surface area contributed by atoms with Gasteiger partial charge in [0.1, 0.15) is 0 Å². The first kappa shape index (κ1) is 23.0. The highest BCUT2D eigenvalue weighted by Crippen LogP contribution is 2.18. The third kappa shape index (κ3) is 10.2. The van der Waals surface area contributed by atoms with E-state index in [1.807, 2.05) is 0 Å². The monoisotopic (exact) mass is 364 g/mol. The summed E-state index contributed by atoms with van der Waals surface area (Å²) in [4.78, 5) is 0. The summed E-state index contributed by atoms with van der Waals surface area (Å²) in [5, 5.41) is 12.4. The van der Waals surface area contributed by atoms with Crippen LogP contribution >= 0.6 is 0 Å². The molecule has 152 valence electrons. The Bertz CT molecular complexity index is 428. The number of hydrogen-bond donors (Lipinski definition) is 1. The lowest BCUT2D eigenvalue weighted by atomic mass is 10.1. The van der Waals surface area contributed by atoms with Crippen molar-refractivity contribution < 1.29 is 0 Å². The van der Waals surface area contributed by atoms with E-state index in [2.05, 4.69) is 41.1 Å². The SMILES string of the molecule is CCCCCCCCc1c(NCCCC)nnn1CCCCCCCC. The van der Waals surface area contributed by atoms with E-state index in [9.17, 15) is 0 Å². The molecule has 0 saturated carbocycles. The highest BCUT2D eigenvalue weighted by molar-refractivity contribution is 5.39. The highest BCUT2D eigenvalue weighted by atomic mass is 15.4. The smallest absolute Gasteiger partial charge is 0.171 e. The van der Waals surface area contributed by atoms with Crippen molar-refractivity contribution in [2.24, 2.45) is 0 Å². The average molecular weight is 365 g/mol. The molecule has 0 unspecified atom stereocenters. The van der Waals surface area contributed by atoms with Crippen molar-refractivity contribution in [2.45, 2.75) is 124 Å². The molecule has 1 aromatic rings. The molecule has 0 aliphatic heterocycles. The van der Waals surface area contributed by atoms with E-state index in [1.165, 1.54) is 95.6 Å². The number of nitrogens with zero attached hydrogens (tertiary/aromatic N) is 3. The zero-order chi connectivity index (χ0) is 18.9. The van der Waals surface area contributed by atoms with Gasteiger partial charge < -0.3 is 5.32 Å². The van der Waals surface area contributed by atoms with Crippen LogP contribution < -0.4 is 5.32 Å². The number of aromatic nitrogens is 3. The van der Waals surface area contributed by atoms with Gasteiger partial charge in [-0.25, -0.2) is 4.68 Å². The van der Waals surface area contributed by atoms with Crippen LogP contribution in [0.25, 0.3) is 0 Å². The Kier molecular flexibility index (Phi) is 14.3. The molecule has 1 rings (SSSR count). The fourth-order valence-electron chi connectivity index (χ4n) is 3.40. The maximum Gasteiger partial charge on any atom is 0.171 e. The van der Waals surface area contributed by atoms with Crippen LogP contribution in [0.5, 0.6) is 0 Å². The van der Waals surface area contributed by atoms with Gasteiger partial charge in [-0.15, -0.1) is 5.10 Å². The van der Waals surface area contributed by atoms with Crippen LogP contribution in [0.1, 0.15) is 116 Å². The summed E-state index contributed by atoms with van der Waals surface area (Å²) in [6, 6.07) is 0. The first-order valence-electron chi connectivity index (χ1n) is 11.5. The van der Waals surface area contributed by atoms with Gasteiger partial charge >= 0.3 is 0 Å². The third-order valence-electron chi connectivity index (χ3n) is 5.15. The summed E-state index contributed by atoms with van der Waals surface area (Å²) in [5.74, 6) is 1.04. The fraction of sp³-hybridized carbons (Fsp3) is 0.909. The zero-order valence-corrected chi connectivity index (χ0v) is 17.9. The lowest BCUT2D eigenvalue weighted by Crippen LogP contribution is -2.08. The molecule has 26 heavy (non-hydrogen) atoms. The van der Waals surface area contributed by atoms with Gasteiger partial charge in [-0.1, -0.05) is 96.6 Å². The average Bonchev–Trinajstić information content (AvgIpc) is 3.03. The summed E-state index contributed by atoms with van der Waals surface area (Å²) in [7, 11) is 0. The molecule has 0 saturated heterocycles. The standard InChI is InChI=1S/C22H44N4/c1-4-7-10-12-14-16-18-21-22(23-19-9-6-3)24-25-26(21)20-17-15-13-11-8-5-2/h23H,4-20H2,1-3H3. The van der Waals surface area contributed by atoms with Crippen LogP contribution in [0.2, 0.25) is 0 Å². The molecule has 4 nitrogen and oxygen atoms in total. The molecule has 4 heteroatoms. The molecule has 0 radical (unpaired) electrons. The van der Waals surface area contributed by atoms with Crippen molar-refractivity contribution >= 4 is 5.82 Å². The van der Waals surface area contributed by atoms with Crippen molar-refractivity contribution in [3.05, 3.63) is 5.69 Å². The molecular formula is C22H44N4. The van der Waals surface area contributed by atoms with Gasteiger partial charge in [0.05, 0.1) is 5.69 Å². The number of anilines is 1. The fourth-order valence-corrected chi connectivity index (χ4v) is 3.40. The van der Waals surface area contributed by atoms with Gasteiger partial charge in [-0.3, -0.25) is 0 Å². The summed E-state index contributed by atoms with van der Waals surface area (Å²) >= 11 is 0. The summed E-state index contributed by atoms with van der Waals surface area (Å²) < 4.78 is 2.18. The second-order valence-electron chi connectivity index (χ2n) is 7.67. The van der Waals surface area contributed by atoms with Crippen molar-refractivity contribution in [3.8, 4) is 0 Å². The van der Waals surface area contributed by atoms with E-state index < -0.39 is 0 Å². The molecular weight excluding hydrogens is 320 g/mol. The van der Waals surface area contributed by atoms with Gasteiger partial charge in [-0.2, -0.15) is 0 Å². The predicted molar refractivity (Wildman–Crippen MR) is 114 cm³/mol. The van der Waals surface area contributed by atoms with Gasteiger partial charge in [0.15, 0.2) is 5.82 Å². The first-order chi connectivity index (χ1) is 12.8. The second-order valence-corrected chi connectivity index (χ2v) is 7.67. The molecule has 0 aromatic carbocycles. The Hall–Kier alpha value is -1.06. The normalized spacial score (nSPS) is 11.2. The van der Waals surface area contributed by atoms with Gasteiger partial charge in [0.2, 0.25) is 0 Å². The zero-order valence-electron chi connectivity index (χ0n) is 17.9. The topological polar surface area (TPSA) is 42.7 Å². The molecule has 1 heterocycles. The van der Waals surface area contributed by atoms with Crippen molar-refractivity contribution in [3.63, 3.8) is 0 Å². The third-order valence-corrected chi connectivity index (χ3v) is 5.15. The first-order valence-corrected chi connectivity index (χ1v) is 11.5. The maximum absolute atomic E-state index is 4.46. The van der Waals surface area contributed by atoms with Crippen LogP contribution in [0.15, 0.2) is 0 Å². The van der Waals surface area contributed by atoms with Crippen molar-refractivity contribution in [1.82, 2.24) is 15.0 Å². The number of unbranched alkanes of at least 4 members (excludes halogenated alkanes) is 11. The Morgan fingerprint density at radius 2 is 1.27 bits per heavy atom. The molecule has 0 fully saturated rings. The Balaban J connectivity index is 2.44. The van der Waals surface area contributed by atoms with Gasteiger partial charge in [0.25, 0.3) is 0 Å². The van der Waals surface area contributed by atoms with Crippen LogP contribution in [0.4, 0.5) is 5.82 Å². The Morgan fingerprint density at radius 1 is 0.692 bits per heavy atom. The predicted octanol–water partition coefficient (Wildman–Crippen LogP) is 6.75. The van der Waals surface area contributed by atoms with E-state index in [0.29, 0.717) is 0 Å². The van der Waals surface area contributed by atoms with E-state index in [1.54, 1.807) is 0 Å². The quantitative estimate of drug-likeness (QED) is 0.293. The van der Waals surface area contributed by atoms with E-state index >= 15 is 0 Å². The number of aryl methyl sites for hydroxylation is 1. The van der Waals surface area contributed by atoms with Gasteiger partial charge in [0, 0.05) is 13.1 Å². The minimum atomic E-state index is 1.01. The van der Waals surface area contributed by atoms with Crippen LogP contribution in [-0.2, 0) is 13.0 Å². The number of rotatable bonds is 18. The van der Waals surface area contributed by atoms with Gasteiger partial charge in [-0.05, 0) is 25.7 Å². The lowest BCUT2D eigenvalue weighted by molar-refractivity contribution is 0.497. The largest absolute Gasteiger partial charge is 0.367 e. The molecule has 0 amide bonds. The second kappa shape index (κ2) is 16.1. The van der Waals surface area contributed by atoms with E-state index in [0.717, 1.165) is 25.3 Å². The number of nitrogens with one attached hydrogen (secondary N) is 1.